The lowest BCUT2D eigenvalue weighted by molar-refractivity contribution is 0.284. The van der Waals surface area contributed by atoms with Crippen LogP contribution in [0, 0.1) is 0 Å². The summed E-state index contributed by atoms with van der Waals surface area (Å²) in [5, 5.41) is 9.51. The summed E-state index contributed by atoms with van der Waals surface area (Å²) in [5.74, 6) is 0. The zero-order chi connectivity index (χ0) is 12.8. The molecule has 0 aliphatic heterocycles. The summed E-state index contributed by atoms with van der Waals surface area (Å²) >= 11 is 5.87. The van der Waals surface area contributed by atoms with Gasteiger partial charge in [0.15, 0.2) is 0 Å². The smallest absolute Gasteiger partial charge is 0.0704 e. The van der Waals surface area contributed by atoms with Gasteiger partial charge in [0.2, 0.25) is 0 Å². The number of aryl methyl sites for hydroxylation is 1. The van der Waals surface area contributed by atoms with E-state index < -0.39 is 0 Å². The lowest BCUT2D eigenvalue weighted by Crippen LogP contribution is -1.91. The van der Waals surface area contributed by atoms with Crippen LogP contribution in [0.15, 0.2) is 42.6 Å². The van der Waals surface area contributed by atoms with Crippen molar-refractivity contribution in [3.8, 4) is 11.3 Å². The van der Waals surface area contributed by atoms with E-state index in [0.717, 1.165) is 35.5 Å². The predicted octanol–water partition coefficient (Wildman–Crippen LogP) is 3.72. The van der Waals surface area contributed by atoms with E-state index in [9.17, 15) is 0 Å². The van der Waals surface area contributed by atoms with Crippen molar-refractivity contribution in [2.75, 3.05) is 6.61 Å². The van der Waals surface area contributed by atoms with Crippen molar-refractivity contribution in [3.63, 3.8) is 0 Å². The number of hydrogen-bond acceptors (Lipinski definition) is 2. The van der Waals surface area contributed by atoms with Gasteiger partial charge in [-0.1, -0.05) is 23.7 Å². The molecule has 2 aromatic rings. The largest absolute Gasteiger partial charge is 0.396 e. The van der Waals surface area contributed by atoms with Gasteiger partial charge in [0.1, 0.15) is 0 Å². The van der Waals surface area contributed by atoms with Crippen LogP contribution in [-0.4, -0.2) is 16.7 Å². The molecule has 1 aromatic carbocycles. The maximum atomic E-state index is 8.78. The molecule has 0 unspecified atom stereocenters. The molecule has 0 aliphatic carbocycles. The standard InChI is InChI=1S/C15H16ClNO/c16-14-6-4-13(5-7-14)15-11-12(8-9-17-15)3-1-2-10-18/h4-9,11,18H,1-3,10H2. The molecule has 1 N–H and O–H groups in total. The average molecular weight is 262 g/mol. The molecule has 18 heavy (non-hydrogen) atoms. The summed E-state index contributed by atoms with van der Waals surface area (Å²) in [6, 6.07) is 11.8. The molecule has 0 spiro atoms. The highest BCUT2D eigenvalue weighted by atomic mass is 35.5. The third-order valence-corrected chi connectivity index (χ3v) is 3.09. The molecule has 0 saturated carbocycles. The van der Waals surface area contributed by atoms with Crippen LogP contribution >= 0.6 is 11.6 Å². The Balaban J connectivity index is 2.13. The Hall–Kier alpha value is -1.38. The van der Waals surface area contributed by atoms with Gasteiger partial charge in [-0.05, 0) is 49.1 Å². The van der Waals surface area contributed by atoms with E-state index in [-0.39, 0.29) is 6.61 Å². The van der Waals surface area contributed by atoms with Crippen molar-refractivity contribution < 1.29 is 5.11 Å². The van der Waals surface area contributed by atoms with Crippen LogP contribution in [0.25, 0.3) is 11.3 Å². The number of halogens is 1. The van der Waals surface area contributed by atoms with E-state index in [1.54, 1.807) is 0 Å². The Kier molecular flexibility index (Phi) is 4.73. The molecule has 0 bridgehead atoms. The fourth-order valence-electron chi connectivity index (χ4n) is 1.85. The molecule has 0 amide bonds. The summed E-state index contributed by atoms with van der Waals surface area (Å²) in [6.07, 6.45) is 4.65. The van der Waals surface area contributed by atoms with Crippen LogP contribution in [0.5, 0.6) is 0 Å². The molecule has 0 radical (unpaired) electrons. The Morgan fingerprint density at radius 1 is 1.06 bits per heavy atom. The normalized spacial score (nSPS) is 10.6. The van der Waals surface area contributed by atoms with Crippen molar-refractivity contribution in [1.29, 1.82) is 0 Å². The highest BCUT2D eigenvalue weighted by Crippen LogP contribution is 2.20. The minimum Gasteiger partial charge on any atom is -0.396 e. The predicted molar refractivity (Wildman–Crippen MR) is 74.7 cm³/mol. The van der Waals surface area contributed by atoms with E-state index >= 15 is 0 Å². The van der Waals surface area contributed by atoms with Crippen LogP contribution in [0.3, 0.4) is 0 Å². The molecular formula is C15H16ClNO. The number of unbranched alkanes of at least 4 members (excludes halogenated alkanes) is 1. The number of aliphatic hydroxyl groups excluding tert-OH is 1. The van der Waals surface area contributed by atoms with Crippen molar-refractivity contribution in [1.82, 2.24) is 4.98 Å². The SMILES string of the molecule is OCCCCc1ccnc(-c2ccc(Cl)cc2)c1. The Morgan fingerprint density at radius 3 is 2.56 bits per heavy atom. The first kappa shape index (κ1) is 13.1. The number of nitrogens with zero attached hydrogens (tertiary/aromatic N) is 1. The van der Waals surface area contributed by atoms with E-state index in [4.69, 9.17) is 16.7 Å². The molecule has 3 heteroatoms. The molecule has 2 nitrogen and oxygen atoms in total. The highest BCUT2D eigenvalue weighted by Gasteiger charge is 2.01. The Labute approximate surface area is 112 Å². The average Bonchev–Trinajstić information content (AvgIpc) is 2.40. The zero-order valence-corrected chi connectivity index (χ0v) is 10.9. The number of benzene rings is 1. The second-order valence-electron chi connectivity index (χ2n) is 4.24. The number of hydrogen-bond donors (Lipinski definition) is 1. The number of pyridine rings is 1. The summed E-state index contributed by atoms with van der Waals surface area (Å²) in [7, 11) is 0. The first-order valence-corrected chi connectivity index (χ1v) is 6.49. The number of aliphatic hydroxyl groups is 1. The van der Waals surface area contributed by atoms with E-state index in [0.29, 0.717) is 0 Å². The van der Waals surface area contributed by atoms with Crippen LogP contribution in [-0.2, 0) is 6.42 Å². The van der Waals surface area contributed by atoms with Gasteiger partial charge in [-0.25, -0.2) is 0 Å². The van der Waals surface area contributed by atoms with E-state index in [1.165, 1.54) is 5.56 Å². The van der Waals surface area contributed by atoms with Crippen molar-refractivity contribution in [2.24, 2.45) is 0 Å². The second-order valence-corrected chi connectivity index (χ2v) is 4.67. The van der Waals surface area contributed by atoms with Gasteiger partial charge in [0, 0.05) is 23.4 Å². The molecule has 1 aromatic heterocycles. The highest BCUT2D eigenvalue weighted by molar-refractivity contribution is 6.30. The third-order valence-electron chi connectivity index (χ3n) is 2.84. The molecule has 0 fully saturated rings. The summed E-state index contributed by atoms with van der Waals surface area (Å²) in [5.41, 5.74) is 3.29. The van der Waals surface area contributed by atoms with Gasteiger partial charge in [-0.2, -0.15) is 0 Å². The summed E-state index contributed by atoms with van der Waals surface area (Å²) < 4.78 is 0. The van der Waals surface area contributed by atoms with Crippen molar-refractivity contribution in [3.05, 3.63) is 53.2 Å². The second kappa shape index (κ2) is 6.53. The number of aromatic nitrogens is 1. The van der Waals surface area contributed by atoms with Crippen molar-refractivity contribution >= 4 is 11.6 Å². The number of rotatable bonds is 5. The molecular weight excluding hydrogens is 246 g/mol. The lowest BCUT2D eigenvalue weighted by atomic mass is 10.1. The van der Waals surface area contributed by atoms with Gasteiger partial charge >= 0.3 is 0 Å². The fourth-order valence-corrected chi connectivity index (χ4v) is 1.98. The molecule has 0 atom stereocenters. The lowest BCUT2D eigenvalue weighted by Gasteiger charge is -2.04. The Bertz CT molecular complexity index is 496. The van der Waals surface area contributed by atoms with Gasteiger partial charge in [-0.3, -0.25) is 4.98 Å². The summed E-state index contributed by atoms with van der Waals surface area (Å²) in [4.78, 5) is 4.38. The Morgan fingerprint density at radius 2 is 1.83 bits per heavy atom. The van der Waals surface area contributed by atoms with Crippen molar-refractivity contribution in [2.45, 2.75) is 19.3 Å². The molecule has 0 aliphatic rings. The quantitative estimate of drug-likeness (QED) is 0.833. The van der Waals surface area contributed by atoms with Gasteiger partial charge in [0.05, 0.1) is 5.69 Å². The first-order valence-electron chi connectivity index (χ1n) is 6.11. The molecule has 2 rings (SSSR count). The van der Waals surface area contributed by atoms with Crippen LogP contribution in [0.2, 0.25) is 5.02 Å². The minimum atomic E-state index is 0.259. The maximum absolute atomic E-state index is 8.78. The van der Waals surface area contributed by atoms with E-state index in [1.807, 2.05) is 36.5 Å². The fraction of sp³-hybridized carbons (Fsp3) is 0.267. The van der Waals surface area contributed by atoms with Crippen LogP contribution in [0.4, 0.5) is 0 Å². The first-order chi connectivity index (χ1) is 8.79. The molecule has 0 saturated heterocycles. The molecule has 1 heterocycles. The molecule has 94 valence electrons. The topological polar surface area (TPSA) is 33.1 Å². The van der Waals surface area contributed by atoms with Crippen LogP contribution in [0.1, 0.15) is 18.4 Å². The minimum absolute atomic E-state index is 0.259. The van der Waals surface area contributed by atoms with Gasteiger partial charge < -0.3 is 5.11 Å². The zero-order valence-electron chi connectivity index (χ0n) is 10.1. The monoisotopic (exact) mass is 261 g/mol. The summed E-state index contributed by atoms with van der Waals surface area (Å²) in [6.45, 7) is 0.259. The third kappa shape index (κ3) is 3.56. The van der Waals surface area contributed by atoms with E-state index in [2.05, 4.69) is 11.1 Å². The van der Waals surface area contributed by atoms with Crippen LogP contribution < -0.4 is 0 Å². The maximum Gasteiger partial charge on any atom is 0.0704 e. The van der Waals surface area contributed by atoms with Gasteiger partial charge in [0.25, 0.3) is 0 Å². The van der Waals surface area contributed by atoms with Gasteiger partial charge in [-0.15, -0.1) is 0 Å².